The van der Waals surface area contributed by atoms with Crippen molar-refractivity contribution in [2.75, 3.05) is 57.8 Å². The molecule has 1 N–H and O–H groups in total. The highest BCUT2D eigenvalue weighted by atomic mass is 35.5. The fourth-order valence-electron chi connectivity index (χ4n) is 3.80. The van der Waals surface area contributed by atoms with Gasteiger partial charge in [-0.05, 0) is 44.5 Å². The minimum absolute atomic E-state index is 0. The molecule has 8 heteroatoms. The summed E-state index contributed by atoms with van der Waals surface area (Å²) in [6.45, 7) is 5.12. The number of para-hydroxylation sites is 1. The Morgan fingerprint density at radius 1 is 1.00 bits per heavy atom. The fraction of sp³-hybridized carbons (Fsp3) is 0.600. The molecule has 6 nitrogen and oxygen atoms in total. The number of aryl methyl sites for hydroxylation is 1. The Balaban J connectivity index is 0.00000196. The van der Waals surface area contributed by atoms with Crippen molar-refractivity contribution in [3.8, 4) is 0 Å². The van der Waals surface area contributed by atoms with Crippen molar-refractivity contribution in [3.05, 3.63) is 29.8 Å². The third-order valence-electron chi connectivity index (χ3n) is 5.31. The number of piperazine rings is 1. The number of hydrogen-bond donors (Lipinski definition) is 1. The Kier molecular flexibility index (Phi) is 10.8. The Morgan fingerprint density at radius 2 is 1.71 bits per heavy atom. The molecule has 0 bridgehead atoms. The normalized spacial score (nSPS) is 16.6. The number of carbonyl (C=O) groups is 2. The Morgan fingerprint density at radius 3 is 2.43 bits per heavy atom. The molecule has 2 amide bonds. The van der Waals surface area contributed by atoms with Crippen molar-refractivity contribution in [2.45, 2.75) is 25.7 Å². The van der Waals surface area contributed by atoms with Crippen LogP contribution in [-0.4, -0.2) is 74.5 Å². The molecular formula is C20H32Cl2N4O2. The Bertz CT molecular complexity index is 636. The van der Waals surface area contributed by atoms with Gasteiger partial charge in [-0.25, -0.2) is 0 Å². The van der Waals surface area contributed by atoms with Crippen LogP contribution in [0.3, 0.4) is 0 Å². The standard InChI is InChI=1S/C20H30N4O2.2ClH/c1-21-10-4-9-19(25)23-14-12-22(13-15-23)16-20(26)24-11-5-7-17-6-2-3-8-18(17)24;;/h2-3,6,8,21H,4-5,7,9-16H2,1H3;2*1H. The van der Waals surface area contributed by atoms with Crippen molar-refractivity contribution in [1.29, 1.82) is 0 Å². The summed E-state index contributed by atoms with van der Waals surface area (Å²) >= 11 is 0. The minimum atomic E-state index is 0. The van der Waals surface area contributed by atoms with Crippen LogP contribution >= 0.6 is 24.8 Å². The molecule has 0 radical (unpaired) electrons. The van der Waals surface area contributed by atoms with Gasteiger partial charge in [0.2, 0.25) is 11.8 Å². The van der Waals surface area contributed by atoms with Gasteiger partial charge in [-0.15, -0.1) is 24.8 Å². The second-order valence-corrected chi connectivity index (χ2v) is 7.14. The molecule has 0 aliphatic carbocycles. The lowest BCUT2D eigenvalue weighted by Gasteiger charge is -2.36. The average Bonchev–Trinajstić information content (AvgIpc) is 2.68. The molecule has 1 fully saturated rings. The summed E-state index contributed by atoms with van der Waals surface area (Å²) in [5.74, 6) is 0.405. The summed E-state index contributed by atoms with van der Waals surface area (Å²) in [5.41, 5.74) is 2.34. The molecule has 1 aromatic rings. The van der Waals surface area contributed by atoms with Crippen molar-refractivity contribution < 1.29 is 9.59 Å². The van der Waals surface area contributed by atoms with Crippen LogP contribution in [0, 0.1) is 0 Å². The van der Waals surface area contributed by atoms with Crippen LogP contribution in [0.4, 0.5) is 5.69 Å². The number of nitrogens with zero attached hydrogens (tertiary/aromatic N) is 3. The molecule has 2 aliphatic rings. The maximum atomic E-state index is 12.8. The molecule has 0 atom stereocenters. The summed E-state index contributed by atoms with van der Waals surface area (Å²) in [6, 6.07) is 8.21. The molecule has 2 heterocycles. The van der Waals surface area contributed by atoms with E-state index < -0.39 is 0 Å². The lowest BCUT2D eigenvalue weighted by Crippen LogP contribution is -2.52. The van der Waals surface area contributed by atoms with Gasteiger partial charge in [0.25, 0.3) is 0 Å². The van der Waals surface area contributed by atoms with Crippen LogP contribution in [0.15, 0.2) is 24.3 Å². The van der Waals surface area contributed by atoms with Crippen LogP contribution in [0.5, 0.6) is 0 Å². The maximum absolute atomic E-state index is 12.8. The molecule has 2 aliphatic heterocycles. The first kappa shape index (κ1) is 24.7. The zero-order valence-electron chi connectivity index (χ0n) is 16.6. The van der Waals surface area contributed by atoms with E-state index in [1.807, 2.05) is 35.0 Å². The first-order valence-corrected chi connectivity index (χ1v) is 9.72. The van der Waals surface area contributed by atoms with E-state index in [1.54, 1.807) is 0 Å². The molecule has 0 aromatic heterocycles. The highest BCUT2D eigenvalue weighted by molar-refractivity contribution is 5.96. The summed E-state index contributed by atoms with van der Waals surface area (Å²) in [4.78, 5) is 31.1. The van der Waals surface area contributed by atoms with Crippen molar-refractivity contribution in [2.24, 2.45) is 0 Å². The van der Waals surface area contributed by atoms with Gasteiger partial charge in [0, 0.05) is 44.8 Å². The minimum Gasteiger partial charge on any atom is -0.340 e. The molecule has 158 valence electrons. The lowest BCUT2D eigenvalue weighted by atomic mass is 10.0. The number of amides is 2. The van der Waals surface area contributed by atoms with Gasteiger partial charge < -0.3 is 15.1 Å². The van der Waals surface area contributed by atoms with Gasteiger partial charge in [0.15, 0.2) is 0 Å². The van der Waals surface area contributed by atoms with Crippen molar-refractivity contribution >= 4 is 42.3 Å². The number of nitrogens with one attached hydrogen (secondary N) is 1. The zero-order valence-corrected chi connectivity index (χ0v) is 18.2. The molecule has 0 unspecified atom stereocenters. The van der Waals surface area contributed by atoms with Gasteiger partial charge in [0.1, 0.15) is 0 Å². The molecule has 1 aromatic carbocycles. The fourth-order valence-corrected chi connectivity index (χ4v) is 3.80. The number of anilines is 1. The highest BCUT2D eigenvalue weighted by Gasteiger charge is 2.26. The van der Waals surface area contributed by atoms with Gasteiger partial charge in [-0.1, -0.05) is 18.2 Å². The largest absolute Gasteiger partial charge is 0.340 e. The van der Waals surface area contributed by atoms with Crippen LogP contribution in [0.25, 0.3) is 0 Å². The second-order valence-electron chi connectivity index (χ2n) is 7.14. The van der Waals surface area contributed by atoms with Gasteiger partial charge in [0.05, 0.1) is 6.54 Å². The van der Waals surface area contributed by atoms with Crippen molar-refractivity contribution in [1.82, 2.24) is 15.1 Å². The quantitative estimate of drug-likeness (QED) is 0.700. The first-order valence-electron chi connectivity index (χ1n) is 9.72. The first-order chi connectivity index (χ1) is 12.7. The van der Waals surface area contributed by atoms with E-state index in [4.69, 9.17) is 0 Å². The molecule has 0 saturated carbocycles. The summed E-state index contributed by atoms with van der Waals surface area (Å²) in [5, 5.41) is 3.07. The number of hydrogen-bond acceptors (Lipinski definition) is 4. The van der Waals surface area contributed by atoms with Crippen LogP contribution in [-0.2, 0) is 16.0 Å². The predicted octanol–water partition coefficient (Wildman–Crippen LogP) is 1.95. The number of carbonyl (C=O) groups excluding carboxylic acids is 2. The number of halogens is 2. The molecule has 3 rings (SSSR count). The maximum Gasteiger partial charge on any atom is 0.241 e. The van der Waals surface area contributed by atoms with E-state index in [0.29, 0.717) is 13.0 Å². The van der Waals surface area contributed by atoms with Gasteiger partial charge in [-0.3, -0.25) is 14.5 Å². The summed E-state index contributed by atoms with van der Waals surface area (Å²) < 4.78 is 0. The number of benzene rings is 1. The van der Waals surface area contributed by atoms with Crippen LogP contribution in [0.1, 0.15) is 24.8 Å². The topological polar surface area (TPSA) is 55.9 Å². The van der Waals surface area contributed by atoms with Gasteiger partial charge >= 0.3 is 0 Å². The van der Waals surface area contributed by atoms with E-state index in [1.165, 1.54) is 5.56 Å². The van der Waals surface area contributed by atoms with Crippen LogP contribution < -0.4 is 10.2 Å². The molecule has 0 spiro atoms. The third kappa shape index (κ3) is 6.34. The summed E-state index contributed by atoms with van der Waals surface area (Å²) in [7, 11) is 1.90. The molecular weight excluding hydrogens is 399 g/mol. The Labute approximate surface area is 180 Å². The number of rotatable bonds is 6. The smallest absolute Gasteiger partial charge is 0.241 e. The highest BCUT2D eigenvalue weighted by Crippen LogP contribution is 2.26. The molecule has 1 saturated heterocycles. The predicted molar refractivity (Wildman–Crippen MR) is 118 cm³/mol. The third-order valence-corrected chi connectivity index (χ3v) is 5.31. The average molecular weight is 431 g/mol. The van der Waals surface area contributed by atoms with Crippen molar-refractivity contribution in [3.63, 3.8) is 0 Å². The van der Waals surface area contributed by atoms with E-state index in [9.17, 15) is 9.59 Å². The number of fused-ring (bicyclic) bond motifs is 1. The molecule has 28 heavy (non-hydrogen) atoms. The van der Waals surface area contributed by atoms with Gasteiger partial charge in [-0.2, -0.15) is 0 Å². The van der Waals surface area contributed by atoms with E-state index in [0.717, 1.165) is 64.2 Å². The monoisotopic (exact) mass is 430 g/mol. The lowest BCUT2D eigenvalue weighted by molar-refractivity contribution is -0.133. The van der Waals surface area contributed by atoms with E-state index in [2.05, 4.69) is 16.3 Å². The second kappa shape index (κ2) is 12.3. The van der Waals surface area contributed by atoms with Crippen LogP contribution in [0.2, 0.25) is 0 Å². The summed E-state index contributed by atoms with van der Waals surface area (Å²) in [6.07, 6.45) is 3.55. The SMILES string of the molecule is CNCCCC(=O)N1CCN(CC(=O)N2CCCc3ccccc32)CC1.Cl.Cl. The Hall–Kier alpha value is -1.34. The van der Waals surface area contributed by atoms with E-state index in [-0.39, 0.29) is 36.6 Å². The zero-order chi connectivity index (χ0) is 18.4. The van der Waals surface area contributed by atoms with E-state index >= 15 is 0 Å².